The van der Waals surface area contributed by atoms with Crippen LogP contribution in [-0.2, 0) is 35.0 Å². The first-order valence-electron chi connectivity index (χ1n) is 24.0. The molecule has 7 nitrogen and oxygen atoms in total. The third-order valence-corrected chi connectivity index (χ3v) is 16.4. The lowest BCUT2D eigenvalue weighted by molar-refractivity contribution is -0.211. The molecule has 11 atom stereocenters. The maximum absolute atomic E-state index is 12.8. The average Bonchev–Trinajstić information content (AvgIpc) is 4.02. The molecule has 5 fully saturated rings. The number of allylic oxidation sites excluding steroid dienone is 1. The van der Waals surface area contributed by atoms with Gasteiger partial charge in [0, 0.05) is 5.92 Å². The molecule has 7 heteroatoms. The molecule has 0 saturated heterocycles. The van der Waals surface area contributed by atoms with Crippen molar-refractivity contribution in [2.24, 2.45) is 52.3 Å². The van der Waals surface area contributed by atoms with Gasteiger partial charge in [-0.15, -0.1) is 0 Å². The highest BCUT2D eigenvalue weighted by Crippen LogP contribution is 2.68. The van der Waals surface area contributed by atoms with Crippen LogP contribution in [0.5, 0.6) is 5.75 Å². The minimum absolute atomic E-state index is 0.0501. The number of carbonyl (C=O) groups excluding carboxylic acids is 3. The van der Waals surface area contributed by atoms with E-state index in [-0.39, 0.29) is 28.5 Å². The van der Waals surface area contributed by atoms with E-state index in [0.717, 1.165) is 67.1 Å². The Morgan fingerprint density at radius 1 is 0.836 bits per heavy atom. The van der Waals surface area contributed by atoms with Gasteiger partial charge in [-0.3, -0.25) is 14.4 Å². The van der Waals surface area contributed by atoms with Gasteiger partial charge in [-0.05, 0) is 188 Å². The molecule has 2 aromatic carbocycles. The molecule has 0 radical (unpaired) electrons. The van der Waals surface area contributed by atoms with Gasteiger partial charge in [0.2, 0.25) is 11.5 Å². The Bertz CT molecular complexity index is 1860. The lowest BCUT2D eigenvalue weighted by Crippen LogP contribution is -2.59. The number of phenols is 1. The zero-order chi connectivity index (χ0) is 45.0. The summed E-state index contributed by atoms with van der Waals surface area (Å²) in [5, 5.41) is 9.01. The van der Waals surface area contributed by atoms with Crippen LogP contribution in [0.4, 0.5) is 0 Å². The lowest BCUT2D eigenvalue weighted by Gasteiger charge is -2.59. The number of carbonyl (C=O) groups is 3. The summed E-state index contributed by atoms with van der Waals surface area (Å²) in [5.41, 5.74) is 3.36. The number of phenolic OH excluding ortho intramolecular Hbond substituents is 1. The van der Waals surface area contributed by atoms with Crippen LogP contribution in [0.1, 0.15) is 183 Å². The number of hydrogen-bond acceptors (Lipinski definition) is 7. The van der Waals surface area contributed by atoms with Gasteiger partial charge in [-0.25, -0.2) is 0 Å². The Balaban J connectivity index is 0.000000162. The summed E-state index contributed by atoms with van der Waals surface area (Å²) in [6.45, 7) is 26.2. The third kappa shape index (κ3) is 10.4. The van der Waals surface area contributed by atoms with Gasteiger partial charge >= 0.3 is 11.9 Å². The molecular formula is C54H80O7. The van der Waals surface area contributed by atoms with E-state index < -0.39 is 17.5 Å². The second kappa shape index (κ2) is 19.8. The largest absolute Gasteiger partial charge is 0.508 e. The number of rotatable bonds is 9. The maximum atomic E-state index is 12.8. The van der Waals surface area contributed by atoms with E-state index in [0.29, 0.717) is 29.8 Å². The molecule has 61 heavy (non-hydrogen) atoms. The molecule has 1 aliphatic heterocycles. The van der Waals surface area contributed by atoms with Crippen LogP contribution >= 0.6 is 0 Å². The second-order valence-corrected chi connectivity index (χ2v) is 20.9. The molecule has 1 N–H and O–H groups in total. The molecule has 7 aliphatic rings. The first-order valence-corrected chi connectivity index (χ1v) is 24.0. The van der Waals surface area contributed by atoms with E-state index in [1.165, 1.54) is 44.1 Å². The summed E-state index contributed by atoms with van der Waals surface area (Å²) in [6.07, 6.45) is 12.7. The van der Waals surface area contributed by atoms with Crippen molar-refractivity contribution in [3.8, 4) is 5.75 Å². The predicted molar refractivity (Wildman–Crippen MR) is 245 cm³/mol. The lowest BCUT2D eigenvalue weighted by atomic mass is 9.49. The Morgan fingerprint density at radius 2 is 1.43 bits per heavy atom. The number of fused-ring (bicyclic) bond motifs is 5. The summed E-state index contributed by atoms with van der Waals surface area (Å²) in [6, 6.07) is 16.2. The average molecular weight is 841 g/mol. The normalized spacial score (nSPS) is 31.0. The summed E-state index contributed by atoms with van der Waals surface area (Å²) in [7, 11) is 0. The van der Waals surface area contributed by atoms with E-state index in [4.69, 9.17) is 19.3 Å². The van der Waals surface area contributed by atoms with Crippen molar-refractivity contribution in [1.82, 2.24) is 0 Å². The molecule has 0 amide bonds. The molecule has 2 aromatic rings. The zero-order valence-electron chi connectivity index (χ0n) is 40.1. The molecule has 6 aliphatic carbocycles. The fourth-order valence-electron chi connectivity index (χ4n) is 11.2. The SMILES string of the molecule is CC1Cc2ccccc2C1C.CCC(C)(C)C(=O)OC1(CC)CC2CCC1C1C3CCC(C3)C21.CCC(C)(C)C(=O)OC1=C(C)OC(C)C1=O.CCC(C)c1ccc(O)cc1. The van der Waals surface area contributed by atoms with Crippen LogP contribution in [0, 0.1) is 52.3 Å². The minimum Gasteiger partial charge on any atom is -0.508 e. The zero-order valence-corrected chi connectivity index (χ0v) is 40.1. The monoisotopic (exact) mass is 841 g/mol. The molecule has 0 spiro atoms. The van der Waals surface area contributed by atoms with Crippen LogP contribution in [0.15, 0.2) is 60.0 Å². The predicted octanol–water partition coefficient (Wildman–Crippen LogP) is 13.3. The van der Waals surface area contributed by atoms with Crippen molar-refractivity contribution in [1.29, 1.82) is 0 Å². The highest BCUT2D eigenvalue weighted by atomic mass is 16.6. The third-order valence-electron chi connectivity index (χ3n) is 16.4. The Kier molecular flexibility index (Phi) is 15.7. The minimum atomic E-state index is -0.584. The summed E-state index contributed by atoms with van der Waals surface area (Å²) < 4.78 is 16.7. The van der Waals surface area contributed by atoms with E-state index in [9.17, 15) is 14.4 Å². The first-order chi connectivity index (χ1) is 28.7. The Morgan fingerprint density at radius 3 is 1.98 bits per heavy atom. The van der Waals surface area contributed by atoms with Crippen LogP contribution in [0.25, 0.3) is 0 Å². The molecule has 5 saturated carbocycles. The van der Waals surface area contributed by atoms with Gasteiger partial charge < -0.3 is 19.3 Å². The summed E-state index contributed by atoms with van der Waals surface area (Å²) >= 11 is 0. The highest BCUT2D eigenvalue weighted by molar-refractivity contribution is 6.01. The molecule has 338 valence electrons. The number of ketones is 1. The van der Waals surface area contributed by atoms with Gasteiger partial charge in [0.15, 0.2) is 6.10 Å². The number of hydrogen-bond donors (Lipinski definition) is 1. The number of esters is 2. The molecule has 4 bridgehead atoms. The van der Waals surface area contributed by atoms with E-state index in [1.807, 2.05) is 32.9 Å². The first kappa shape index (κ1) is 48.4. The van der Waals surface area contributed by atoms with E-state index in [1.54, 1.807) is 51.0 Å². The molecular weight excluding hydrogens is 761 g/mol. The van der Waals surface area contributed by atoms with Gasteiger partial charge in [0.25, 0.3) is 0 Å². The quantitative estimate of drug-likeness (QED) is 0.251. The molecule has 9 rings (SSSR count). The number of Topliss-reactive ketones (excluding diaryl/α,β-unsaturated/α-hetero) is 1. The summed E-state index contributed by atoms with van der Waals surface area (Å²) in [5.74, 6) is 7.67. The van der Waals surface area contributed by atoms with Gasteiger partial charge in [-0.1, -0.05) is 84.9 Å². The van der Waals surface area contributed by atoms with Crippen LogP contribution in [0.2, 0.25) is 0 Å². The van der Waals surface area contributed by atoms with Crippen LogP contribution < -0.4 is 0 Å². The topological polar surface area (TPSA) is 99.1 Å². The Labute approximate surface area is 369 Å². The highest BCUT2D eigenvalue weighted by Gasteiger charge is 2.64. The number of ether oxygens (including phenoxy) is 3. The smallest absolute Gasteiger partial charge is 0.317 e. The van der Waals surface area contributed by atoms with Crippen molar-refractivity contribution >= 4 is 17.7 Å². The number of aromatic hydroxyl groups is 1. The Hall–Kier alpha value is -3.61. The molecule has 0 aromatic heterocycles. The van der Waals surface area contributed by atoms with Gasteiger partial charge in [-0.2, -0.15) is 0 Å². The summed E-state index contributed by atoms with van der Waals surface area (Å²) in [4.78, 5) is 36.2. The van der Waals surface area contributed by atoms with Crippen molar-refractivity contribution in [3.05, 3.63) is 76.7 Å². The van der Waals surface area contributed by atoms with Gasteiger partial charge in [0.1, 0.15) is 17.1 Å². The second-order valence-electron chi connectivity index (χ2n) is 20.9. The maximum Gasteiger partial charge on any atom is 0.317 e. The van der Waals surface area contributed by atoms with Crippen LogP contribution in [-0.4, -0.2) is 34.5 Å². The fourth-order valence-corrected chi connectivity index (χ4v) is 11.2. The van der Waals surface area contributed by atoms with Crippen molar-refractivity contribution in [2.75, 3.05) is 0 Å². The molecule has 1 heterocycles. The van der Waals surface area contributed by atoms with Crippen molar-refractivity contribution in [2.45, 2.75) is 184 Å². The van der Waals surface area contributed by atoms with Gasteiger partial charge in [0.05, 0.1) is 10.8 Å². The van der Waals surface area contributed by atoms with Crippen molar-refractivity contribution in [3.63, 3.8) is 0 Å². The number of benzene rings is 2. The van der Waals surface area contributed by atoms with E-state index >= 15 is 0 Å². The van der Waals surface area contributed by atoms with E-state index in [2.05, 4.69) is 65.8 Å². The molecule has 11 unspecified atom stereocenters. The van der Waals surface area contributed by atoms with Crippen LogP contribution in [0.3, 0.4) is 0 Å². The van der Waals surface area contributed by atoms with Crippen molar-refractivity contribution < 1.29 is 33.7 Å². The fraction of sp³-hybridized carbons (Fsp3) is 0.685. The standard InChI is InChI=1S/C21H34O2.C12H18O4.C11H14.C10H14O/c1-5-20(3,4)19(22)23-21(6-2)12-15-9-10-16(21)18-14-8-7-13(11-14)17(15)18;1-6-12(4,5)11(14)16-10-8(3)15-7(2)9(10)13;1-8-7-10-5-3-4-6-11(10)9(8)2;1-3-8(2)9-4-6-10(11)7-5-9/h13-18H,5-12H2,1-4H3;7H,6H2,1-5H3;3-6,8-9H,7H2,1-2H3;4-8,11H,3H2,1-2H3.